The summed E-state index contributed by atoms with van der Waals surface area (Å²) in [6, 6.07) is 11.5. The minimum atomic E-state index is -0.264. The number of anilines is 1. The highest BCUT2D eigenvalue weighted by molar-refractivity contribution is 6.02. The summed E-state index contributed by atoms with van der Waals surface area (Å²) in [6.45, 7) is 0. The normalized spacial score (nSPS) is 14.0. The van der Waals surface area contributed by atoms with E-state index in [-0.39, 0.29) is 5.91 Å². The molecule has 0 saturated heterocycles. The second kappa shape index (κ2) is 5.10. The molecule has 7 nitrogen and oxygen atoms in total. The van der Waals surface area contributed by atoms with Crippen molar-refractivity contribution in [2.75, 3.05) is 5.32 Å². The number of carbonyl (C=O) groups excluding carboxylic acids is 1. The van der Waals surface area contributed by atoms with E-state index in [4.69, 9.17) is 0 Å². The van der Waals surface area contributed by atoms with Crippen LogP contribution in [0.15, 0.2) is 42.7 Å². The summed E-state index contributed by atoms with van der Waals surface area (Å²) in [7, 11) is 0. The molecule has 0 bridgehead atoms. The van der Waals surface area contributed by atoms with Gasteiger partial charge in [0.05, 0.1) is 11.4 Å². The summed E-state index contributed by atoms with van der Waals surface area (Å²) in [5.41, 5.74) is 2.31. The molecule has 2 aromatic heterocycles. The molecule has 0 aliphatic heterocycles. The molecular formula is C15H14N6O. The van der Waals surface area contributed by atoms with Crippen LogP contribution in [0.5, 0.6) is 0 Å². The van der Waals surface area contributed by atoms with Crippen LogP contribution in [0.4, 0.5) is 5.95 Å². The maximum atomic E-state index is 12.5. The molecule has 0 atom stereocenters. The van der Waals surface area contributed by atoms with E-state index in [0.717, 1.165) is 24.2 Å². The molecule has 4 rings (SSSR count). The summed E-state index contributed by atoms with van der Waals surface area (Å²) in [4.78, 5) is 15.3. The minimum absolute atomic E-state index is 0.264. The van der Waals surface area contributed by atoms with Crippen molar-refractivity contribution in [1.29, 1.82) is 0 Å². The Labute approximate surface area is 126 Å². The smallest absolute Gasteiger partial charge is 0.276 e. The largest absolute Gasteiger partial charge is 0.314 e. The van der Waals surface area contributed by atoms with Gasteiger partial charge in [-0.3, -0.25) is 10.1 Å². The predicted molar refractivity (Wildman–Crippen MR) is 79.9 cm³/mol. The van der Waals surface area contributed by atoms with Crippen molar-refractivity contribution in [3.63, 3.8) is 0 Å². The van der Waals surface area contributed by atoms with Crippen molar-refractivity contribution >= 4 is 11.9 Å². The van der Waals surface area contributed by atoms with Crippen LogP contribution in [0.2, 0.25) is 0 Å². The molecule has 2 heterocycles. The van der Waals surface area contributed by atoms with Crippen molar-refractivity contribution in [3.05, 3.63) is 54.1 Å². The van der Waals surface area contributed by atoms with Gasteiger partial charge in [0.1, 0.15) is 12.0 Å². The van der Waals surface area contributed by atoms with E-state index in [1.54, 1.807) is 4.68 Å². The first kappa shape index (κ1) is 12.8. The van der Waals surface area contributed by atoms with Crippen LogP contribution < -0.4 is 5.32 Å². The number of rotatable bonds is 4. The molecule has 22 heavy (non-hydrogen) atoms. The average molecular weight is 294 g/mol. The molecule has 1 aromatic carbocycles. The molecule has 0 radical (unpaired) electrons. The van der Waals surface area contributed by atoms with Crippen molar-refractivity contribution in [2.24, 2.45) is 0 Å². The topological polar surface area (TPSA) is 88.5 Å². The van der Waals surface area contributed by atoms with Crippen LogP contribution in [0.1, 0.15) is 34.9 Å². The summed E-state index contributed by atoms with van der Waals surface area (Å²) < 4.78 is 1.68. The van der Waals surface area contributed by atoms with Crippen LogP contribution in [0, 0.1) is 0 Å². The lowest BCUT2D eigenvalue weighted by Crippen LogP contribution is -2.17. The fourth-order valence-electron chi connectivity index (χ4n) is 2.34. The maximum absolute atomic E-state index is 12.5. The maximum Gasteiger partial charge on any atom is 0.276 e. The Morgan fingerprint density at radius 2 is 2.09 bits per heavy atom. The van der Waals surface area contributed by atoms with Gasteiger partial charge < -0.3 is 4.98 Å². The highest BCUT2D eigenvalue weighted by atomic mass is 16.2. The number of aromatic nitrogens is 5. The fourth-order valence-corrected chi connectivity index (χ4v) is 2.34. The zero-order valence-corrected chi connectivity index (χ0v) is 11.7. The zero-order chi connectivity index (χ0) is 14.9. The van der Waals surface area contributed by atoms with Crippen molar-refractivity contribution in [1.82, 2.24) is 25.0 Å². The van der Waals surface area contributed by atoms with Gasteiger partial charge in [-0.1, -0.05) is 18.2 Å². The van der Waals surface area contributed by atoms with E-state index < -0.39 is 0 Å². The van der Waals surface area contributed by atoms with Crippen molar-refractivity contribution in [3.8, 4) is 5.69 Å². The number of carbonyl (C=O) groups is 1. The van der Waals surface area contributed by atoms with E-state index in [1.165, 1.54) is 6.33 Å². The predicted octanol–water partition coefficient (Wildman–Crippen LogP) is 2.12. The Hall–Kier alpha value is -2.96. The molecule has 1 aliphatic carbocycles. The molecule has 1 fully saturated rings. The van der Waals surface area contributed by atoms with E-state index in [2.05, 4.69) is 25.6 Å². The Morgan fingerprint density at radius 3 is 2.77 bits per heavy atom. The monoisotopic (exact) mass is 294 g/mol. The van der Waals surface area contributed by atoms with Gasteiger partial charge in [-0.15, -0.1) is 10.2 Å². The first-order valence-corrected chi connectivity index (χ1v) is 7.14. The van der Waals surface area contributed by atoms with E-state index in [1.807, 2.05) is 36.4 Å². The van der Waals surface area contributed by atoms with Crippen LogP contribution in [0.25, 0.3) is 5.69 Å². The number of benzene rings is 1. The number of nitrogens with zero attached hydrogens (tertiary/aromatic N) is 4. The van der Waals surface area contributed by atoms with Crippen molar-refractivity contribution < 1.29 is 4.79 Å². The van der Waals surface area contributed by atoms with E-state index in [0.29, 0.717) is 17.6 Å². The lowest BCUT2D eigenvalue weighted by atomic mass is 10.2. The number of H-pyrrole nitrogens is 1. The summed E-state index contributed by atoms with van der Waals surface area (Å²) >= 11 is 0. The van der Waals surface area contributed by atoms with Crippen LogP contribution in [0.3, 0.4) is 0 Å². The molecule has 3 aromatic rings. The number of aromatic amines is 1. The number of para-hydroxylation sites is 1. The Kier molecular flexibility index (Phi) is 2.96. The highest BCUT2D eigenvalue weighted by Gasteiger charge is 2.29. The lowest BCUT2D eigenvalue weighted by Gasteiger charge is -2.06. The molecular weight excluding hydrogens is 280 g/mol. The number of nitrogens with one attached hydrogen (secondary N) is 2. The van der Waals surface area contributed by atoms with Crippen molar-refractivity contribution in [2.45, 2.75) is 18.8 Å². The number of hydrogen-bond donors (Lipinski definition) is 2. The van der Waals surface area contributed by atoms with Gasteiger partial charge in [-0.05, 0) is 31.0 Å². The molecule has 7 heteroatoms. The van der Waals surface area contributed by atoms with Crippen LogP contribution >= 0.6 is 0 Å². The average Bonchev–Trinajstić information content (AvgIpc) is 3.10. The van der Waals surface area contributed by atoms with Crippen LogP contribution in [-0.4, -0.2) is 30.9 Å². The molecule has 0 unspecified atom stereocenters. The lowest BCUT2D eigenvalue weighted by molar-refractivity contribution is 0.101. The quantitative estimate of drug-likeness (QED) is 0.771. The summed E-state index contributed by atoms with van der Waals surface area (Å²) in [6.07, 6.45) is 3.68. The fraction of sp³-hybridized carbons (Fsp3) is 0.200. The zero-order valence-electron chi connectivity index (χ0n) is 11.7. The van der Waals surface area contributed by atoms with Gasteiger partial charge in [-0.2, -0.15) is 5.10 Å². The summed E-state index contributed by atoms with van der Waals surface area (Å²) in [5.74, 6) is 0.528. The highest BCUT2D eigenvalue weighted by Crippen LogP contribution is 2.39. The summed E-state index contributed by atoms with van der Waals surface area (Å²) in [5, 5.41) is 14.7. The SMILES string of the molecule is O=C(Nc1nnc[nH]1)c1cc(C2CC2)nn1-c1ccccc1. The number of hydrogen-bond acceptors (Lipinski definition) is 4. The Bertz CT molecular complexity index is 789. The third-order valence-corrected chi connectivity index (χ3v) is 3.61. The van der Waals surface area contributed by atoms with Gasteiger partial charge in [-0.25, -0.2) is 4.68 Å². The molecule has 1 aliphatic rings. The van der Waals surface area contributed by atoms with Crippen LogP contribution in [-0.2, 0) is 0 Å². The van der Waals surface area contributed by atoms with Gasteiger partial charge in [0, 0.05) is 5.92 Å². The number of amides is 1. The van der Waals surface area contributed by atoms with Gasteiger partial charge in [0.15, 0.2) is 0 Å². The molecule has 1 saturated carbocycles. The molecule has 110 valence electrons. The van der Waals surface area contributed by atoms with Gasteiger partial charge >= 0.3 is 0 Å². The standard InChI is InChI=1S/C15H14N6O/c22-14(18-15-16-9-17-19-15)13-8-12(10-6-7-10)20-21(13)11-4-2-1-3-5-11/h1-5,8-10H,6-7H2,(H2,16,17,18,19,22). The first-order chi connectivity index (χ1) is 10.8. The van der Waals surface area contributed by atoms with Gasteiger partial charge in [0.25, 0.3) is 5.91 Å². The second-order valence-electron chi connectivity index (χ2n) is 5.27. The van der Waals surface area contributed by atoms with Gasteiger partial charge in [0.2, 0.25) is 5.95 Å². The molecule has 0 spiro atoms. The second-order valence-corrected chi connectivity index (χ2v) is 5.27. The van der Waals surface area contributed by atoms with E-state index >= 15 is 0 Å². The molecule has 2 N–H and O–H groups in total. The molecule has 1 amide bonds. The Morgan fingerprint density at radius 1 is 1.27 bits per heavy atom. The minimum Gasteiger partial charge on any atom is -0.314 e. The first-order valence-electron chi connectivity index (χ1n) is 7.14. The van der Waals surface area contributed by atoms with E-state index in [9.17, 15) is 4.79 Å². The third kappa shape index (κ3) is 2.37. The Balaban J connectivity index is 1.72. The third-order valence-electron chi connectivity index (χ3n) is 3.61.